The third kappa shape index (κ3) is 6.30. The van der Waals surface area contributed by atoms with Gasteiger partial charge in [0.1, 0.15) is 5.69 Å². The zero-order valence-electron chi connectivity index (χ0n) is 12.2. The Balaban J connectivity index is 1.62. The molecular weight excluding hydrogens is 336 g/mol. The maximum absolute atomic E-state index is 11.6. The lowest BCUT2D eigenvalue weighted by Gasteiger charge is -2.06. The number of hydrogen-bond acceptors (Lipinski definition) is 5. The van der Waals surface area contributed by atoms with Crippen LogP contribution in [-0.2, 0) is 9.53 Å². The molecule has 1 aromatic heterocycles. The summed E-state index contributed by atoms with van der Waals surface area (Å²) in [5, 5.41) is 3.38. The fraction of sp³-hybridized carbons (Fsp3) is 0.188. The molecule has 0 radical (unpaired) electrons. The maximum Gasteiger partial charge on any atom is 0.357 e. The van der Waals surface area contributed by atoms with Gasteiger partial charge in [0.15, 0.2) is 6.61 Å². The number of rotatable bonds is 7. The van der Waals surface area contributed by atoms with Gasteiger partial charge < -0.3 is 10.1 Å². The van der Waals surface area contributed by atoms with Crippen molar-refractivity contribution in [3.8, 4) is 0 Å². The summed E-state index contributed by atoms with van der Waals surface area (Å²) in [7, 11) is 0. The normalized spacial score (nSPS) is 10.1. The summed E-state index contributed by atoms with van der Waals surface area (Å²) in [5.41, 5.74) is 0.179. The molecule has 1 aromatic carbocycles. The summed E-state index contributed by atoms with van der Waals surface area (Å²) in [6, 6.07) is 12.4. The molecule has 0 aliphatic heterocycles. The summed E-state index contributed by atoms with van der Waals surface area (Å²) in [6.07, 6.45) is 1.49. The molecule has 7 heteroatoms. The van der Waals surface area contributed by atoms with E-state index in [1.807, 2.05) is 24.3 Å². The average molecular weight is 351 g/mol. The van der Waals surface area contributed by atoms with E-state index in [1.54, 1.807) is 23.9 Å². The average Bonchev–Trinajstić information content (AvgIpc) is 2.59. The van der Waals surface area contributed by atoms with Crippen LogP contribution in [0.3, 0.4) is 0 Å². The summed E-state index contributed by atoms with van der Waals surface area (Å²) in [4.78, 5) is 28.1. The molecule has 0 spiro atoms. The summed E-state index contributed by atoms with van der Waals surface area (Å²) < 4.78 is 4.88. The predicted molar refractivity (Wildman–Crippen MR) is 89.7 cm³/mol. The van der Waals surface area contributed by atoms with Gasteiger partial charge in [-0.05, 0) is 36.4 Å². The number of nitrogens with zero attached hydrogens (tertiary/aromatic N) is 1. The maximum atomic E-state index is 11.6. The van der Waals surface area contributed by atoms with E-state index in [4.69, 9.17) is 16.3 Å². The third-order valence-electron chi connectivity index (χ3n) is 2.71. The zero-order chi connectivity index (χ0) is 16.5. The van der Waals surface area contributed by atoms with Gasteiger partial charge in [-0.1, -0.05) is 17.7 Å². The fourth-order valence-electron chi connectivity index (χ4n) is 1.63. The fourth-order valence-corrected chi connectivity index (χ4v) is 2.52. The van der Waals surface area contributed by atoms with E-state index in [0.717, 1.165) is 4.90 Å². The first-order chi connectivity index (χ1) is 11.1. The van der Waals surface area contributed by atoms with Crippen molar-refractivity contribution in [1.29, 1.82) is 0 Å². The number of hydrogen-bond donors (Lipinski definition) is 1. The van der Waals surface area contributed by atoms with Gasteiger partial charge in [0.2, 0.25) is 0 Å². The molecule has 0 aliphatic rings. The minimum Gasteiger partial charge on any atom is -0.451 e. The van der Waals surface area contributed by atoms with Crippen LogP contribution in [0.15, 0.2) is 53.6 Å². The Bertz CT molecular complexity index is 650. The number of benzene rings is 1. The number of pyridine rings is 1. The second-order valence-corrected chi connectivity index (χ2v) is 6.05. The largest absolute Gasteiger partial charge is 0.451 e. The number of amides is 1. The van der Waals surface area contributed by atoms with Crippen LogP contribution in [-0.4, -0.2) is 35.8 Å². The third-order valence-corrected chi connectivity index (χ3v) is 3.98. The summed E-state index contributed by atoms with van der Waals surface area (Å²) in [6.45, 7) is 0.161. The lowest BCUT2D eigenvalue weighted by atomic mass is 10.3. The van der Waals surface area contributed by atoms with Crippen molar-refractivity contribution in [2.75, 3.05) is 18.9 Å². The van der Waals surface area contributed by atoms with Crippen LogP contribution in [0.5, 0.6) is 0 Å². The lowest BCUT2D eigenvalue weighted by molar-refractivity contribution is -0.124. The first-order valence-corrected chi connectivity index (χ1v) is 8.25. The van der Waals surface area contributed by atoms with E-state index in [0.29, 0.717) is 17.3 Å². The Morgan fingerprint density at radius 2 is 1.96 bits per heavy atom. The second-order valence-electron chi connectivity index (χ2n) is 4.44. The van der Waals surface area contributed by atoms with Gasteiger partial charge in [0.05, 0.1) is 0 Å². The molecule has 0 aliphatic carbocycles. The number of thioether (sulfide) groups is 1. The highest BCUT2D eigenvalue weighted by Gasteiger charge is 2.10. The van der Waals surface area contributed by atoms with Crippen molar-refractivity contribution in [3.63, 3.8) is 0 Å². The van der Waals surface area contributed by atoms with Crippen LogP contribution in [0.2, 0.25) is 5.02 Å². The first-order valence-electron chi connectivity index (χ1n) is 6.88. The van der Waals surface area contributed by atoms with Gasteiger partial charge in [0, 0.05) is 28.4 Å². The molecular formula is C16H15ClN2O3S. The van der Waals surface area contributed by atoms with Crippen molar-refractivity contribution in [1.82, 2.24) is 10.3 Å². The van der Waals surface area contributed by atoms with E-state index >= 15 is 0 Å². The Labute approximate surface area is 143 Å². The van der Waals surface area contributed by atoms with Crippen LogP contribution in [0.1, 0.15) is 10.5 Å². The van der Waals surface area contributed by atoms with Crippen LogP contribution >= 0.6 is 23.4 Å². The first kappa shape index (κ1) is 17.3. The monoisotopic (exact) mass is 350 g/mol. The van der Waals surface area contributed by atoms with Gasteiger partial charge in [-0.3, -0.25) is 4.79 Å². The Morgan fingerprint density at radius 3 is 2.65 bits per heavy atom. The van der Waals surface area contributed by atoms with Crippen molar-refractivity contribution >= 4 is 35.2 Å². The minimum atomic E-state index is -0.615. The van der Waals surface area contributed by atoms with Crippen LogP contribution in [0, 0.1) is 0 Å². The van der Waals surface area contributed by atoms with Gasteiger partial charge in [-0.25, -0.2) is 9.78 Å². The number of carbonyl (C=O) groups is 2. The molecule has 1 amide bonds. The van der Waals surface area contributed by atoms with E-state index < -0.39 is 5.97 Å². The smallest absolute Gasteiger partial charge is 0.357 e. The molecule has 0 atom stereocenters. The molecule has 0 bridgehead atoms. The van der Waals surface area contributed by atoms with Gasteiger partial charge >= 0.3 is 5.97 Å². The zero-order valence-corrected chi connectivity index (χ0v) is 13.8. The molecule has 2 aromatic rings. The number of carbonyl (C=O) groups excluding carboxylic acids is 2. The standard InChI is InChI=1S/C16H15ClN2O3S/c17-12-4-6-13(7-5-12)23-10-9-19-15(20)11-22-16(21)14-3-1-2-8-18-14/h1-8H,9-11H2,(H,19,20). The molecule has 23 heavy (non-hydrogen) atoms. The van der Waals surface area contributed by atoms with E-state index in [1.165, 1.54) is 12.3 Å². The molecule has 0 saturated heterocycles. The number of esters is 1. The van der Waals surface area contributed by atoms with Crippen LogP contribution in [0.25, 0.3) is 0 Å². The van der Waals surface area contributed by atoms with Gasteiger partial charge in [-0.15, -0.1) is 11.8 Å². The summed E-state index contributed by atoms with van der Waals surface area (Å²) >= 11 is 7.41. The van der Waals surface area contributed by atoms with Crippen molar-refractivity contribution in [2.24, 2.45) is 0 Å². The molecule has 0 saturated carbocycles. The number of halogens is 1. The Kier molecular flexibility index (Phi) is 6.90. The highest BCUT2D eigenvalue weighted by Crippen LogP contribution is 2.19. The molecule has 1 heterocycles. The molecule has 0 fully saturated rings. The predicted octanol–water partition coefficient (Wildman–Crippen LogP) is 2.80. The number of aromatic nitrogens is 1. The molecule has 120 valence electrons. The van der Waals surface area contributed by atoms with E-state index in [2.05, 4.69) is 10.3 Å². The van der Waals surface area contributed by atoms with E-state index in [9.17, 15) is 9.59 Å². The molecule has 1 N–H and O–H groups in total. The molecule has 2 rings (SSSR count). The SMILES string of the molecule is O=C(COC(=O)c1ccccn1)NCCSc1ccc(Cl)cc1. The quantitative estimate of drug-likeness (QED) is 0.472. The highest BCUT2D eigenvalue weighted by molar-refractivity contribution is 7.99. The van der Waals surface area contributed by atoms with Crippen molar-refractivity contribution in [2.45, 2.75) is 4.90 Å². The van der Waals surface area contributed by atoms with Crippen LogP contribution < -0.4 is 5.32 Å². The van der Waals surface area contributed by atoms with Gasteiger partial charge in [-0.2, -0.15) is 0 Å². The van der Waals surface area contributed by atoms with Gasteiger partial charge in [0.25, 0.3) is 5.91 Å². The number of nitrogens with one attached hydrogen (secondary N) is 1. The van der Waals surface area contributed by atoms with Crippen LogP contribution in [0.4, 0.5) is 0 Å². The highest BCUT2D eigenvalue weighted by atomic mass is 35.5. The van der Waals surface area contributed by atoms with E-state index in [-0.39, 0.29) is 18.2 Å². The molecule has 0 unspecified atom stereocenters. The van der Waals surface area contributed by atoms with Crippen molar-refractivity contribution in [3.05, 3.63) is 59.4 Å². The minimum absolute atomic E-state index is 0.179. The Hall–Kier alpha value is -2.05. The van der Waals surface area contributed by atoms with Crippen molar-refractivity contribution < 1.29 is 14.3 Å². The topological polar surface area (TPSA) is 68.3 Å². The summed E-state index contributed by atoms with van der Waals surface area (Å²) in [5.74, 6) is -0.246. The number of ether oxygens (including phenoxy) is 1. The lowest BCUT2D eigenvalue weighted by Crippen LogP contribution is -2.30. The second kappa shape index (κ2) is 9.17. The molecule has 5 nitrogen and oxygen atoms in total. The Morgan fingerprint density at radius 1 is 1.17 bits per heavy atom.